The van der Waals surface area contributed by atoms with Crippen molar-refractivity contribution < 1.29 is 0 Å². The number of para-hydroxylation sites is 1. The molecule has 0 fully saturated rings. The molecule has 0 saturated carbocycles. The molecular weight excluding hydrogens is 605 g/mol. The van der Waals surface area contributed by atoms with Crippen LogP contribution in [-0.4, -0.2) is 19.5 Å². The number of thiophene rings is 1. The van der Waals surface area contributed by atoms with E-state index >= 15 is 0 Å². The van der Waals surface area contributed by atoms with Crippen LogP contribution in [0.2, 0.25) is 0 Å². The molecule has 0 spiro atoms. The molecule has 7 aromatic carbocycles. The summed E-state index contributed by atoms with van der Waals surface area (Å²) in [6.07, 6.45) is 0. The Morgan fingerprint density at radius 2 is 1.08 bits per heavy atom. The molecule has 4 nitrogen and oxygen atoms in total. The molecule has 10 rings (SSSR count). The number of aromatic nitrogens is 4. The minimum atomic E-state index is 0.595. The van der Waals surface area contributed by atoms with Crippen molar-refractivity contribution in [3.63, 3.8) is 0 Å². The van der Waals surface area contributed by atoms with Gasteiger partial charge in [0.1, 0.15) is 0 Å². The summed E-state index contributed by atoms with van der Waals surface area (Å²) in [7, 11) is 0. The fourth-order valence-corrected chi connectivity index (χ4v) is 8.15. The predicted octanol–water partition coefficient (Wildman–Crippen LogP) is 11.5. The third kappa shape index (κ3) is 4.25. The lowest BCUT2D eigenvalue weighted by molar-refractivity contribution is 0.955. The highest BCUT2D eigenvalue weighted by Gasteiger charge is 2.20. The van der Waals surface area contributed by atoms with Crippen molar-refractivity contribution in [1.29, 1.82) is 0 Å². The Morgan fingerprint density at radius 3 is 1.98 bits per heavy atom. The molecule has 0 aliphatic rings. The lowest BCUT2D eigenvalue weighted by atomic mass is 10.0. The standard InChI is InChI=1S/C43H26N4S/c1-2-12-27(13-3-1)28-16-10-17-31(24-28)41-44-42(34-20-11-23-39-40(34)33-19-7-9-22-38(33)48-39)46-43(45-41)47-36-21-8-6-18-32(36)35-25-29-14-4-5-15-30(29)26-37(35)47/h1-26H. The van der Waals surface area contributed by atoms with Gasteiger partial charge in [-0.25, -0.2) is 4.98 Å². The zero-order valence-electron chi connectivity index (χ0n) is 25.7. The Kier molecular flexibility index (Phi) is 6.01. The summed E-state index contributed by atoms with van der Waals surface area (Å²) in [5, 5.41) is 7.11. The molecule has 0 radical (unpaired) electrons. The van der Waals surface area contributed by atoms with Crippen LogP contribution in [0.4, 0.5) is 0 Å². The first-order chi connectivity index (χ1) is 23.8. The van der Waals surface area contributed by atoms with Gasteiger partial charge in [-0.15, -0.1) is 11.3 Å². The van der Waals surface area contributed by atoms with Crippen LogP contribution in [0.15, 0.2) is 158 Å². The number of fused-ring (bicyclic) bond motifs is 7. The van der Waals surface area contributed by atoms with Crippen molar-refractivity contribution >= 4 is 64.1 Å². The summed E-state index contributed by atoms with van der Waals surface area (Å²) < 4.78 is 4.67. The highest BCUT2D eigenvalue weighted by molar-refractivity contribution is 7.25. The van der Waals surface area contributed by atoms with Gasteiger partial charge in [-0.1, -0.05) is 121 Å². The van der Waals surface area contributed by atoms with Gasteiger partial charge in [0, 0.05) is 42.1 Å². The zero-order chi connectivity index (χ0) is 31.6. The summed E-state index contributed by atoms with van der Waals surface area (Å²) in [6, 6.07) is 55.6. The van der Waals surface area contributed by atoms with Crippen molar-refractivity contribution in [2.24, 2.45) is 0 Å². The fraction of sp³-hybridized carbons (Fsp3) is 0. The number of nitrogens with zero attached hydrogens (tertiary/aromatic N) is 4. The second kappa shape index (κ2) is 10.7. The maximum Gasteiger partial charge on any atom is 0.238 e. The Bertz CT molecular complexity index is 2850. The maximum absolute atomic E-state index is 5.31. The molecule has 0 atom stereocenters. The van der Waals surface area contributed by atoms with E-state index in [0.717, 1.165) is 33.3 Å². The largest absolute Gasteiger partial charge is 0.278 e. The lowest BCUT2D eigenvalue weighted by Crippen LogP contribution is -2.06. The van der Waals surface area contributed by atoms with E-state index in [2.05, 4.69) is 156 Å². The van der Waals surface area contributed by atoms with E-state index in [1.807, 2.05) is 6.07 Å². The molecule has 0 amide bonds. The predicted molar refractivity (Wildman–Crippen MR) is 201 cm³/mol. The van der Waals surface area contributed by atoms with E-state index < -0.39 is 0 Å². The topological polar surface area (TPSA) is 43.6 Å². The molecule has 0 aliphatic heterocycles. The van der Waals surface area contributed by atoms with Crippen molar-refractivity contribution in [1.82, 2.24) is 19.5 Å². The number of rotatable bonds is 4. The van der Waals surface area contributed by atoms with Crippen molar-refractivity contribution in [2.45, 2.75) is 0 Å². The van der Waals surface area contributed by atoms with Gasteiger partial charge < -0.3 is 0 Å². The normalized spacial score (nSPS) is 11.8. The van der Waals surface area contributed by atoms with Crippen LogP contribution in [0.5, 0.6) is 0 Å². The van der Waals surface area contributed by atoms with Gasteiger partial charge in [0.05, 0.1) is 11.0 Å². The number of benzene rings is 7. The molecule has 0 saturated heterocycles. The Hall–Kier alpha value is -6.17. The van der Waals surface area contributed by atoms with E-state index in [1.54, 1.807) is 11.3 Å². The van der Waals surface area contributed by atoms with Gasteiger partial charge in [-0.2, -0.15) is 9.97 Å². The third-order valence-corrected chi connectivity index (χ3v) is 10.4. The molecule has 0 aliphatic carbocycles. The van der Waals surface area contributed by atoms with Gasteiger partial charge in [0.25, 0.3) is 0 Å². The van der Waals surface area contributed by atoms with Crippen molar-refractivity contribution in [2.75, 3.05) is 0 Å². The van der Waals surface area contributed by atoms with Crippen LogP contribution >= 0.6 is 11.3 Å². The first-order valence-corrected chi connectivity index (χ1v) is 16.9. The SMILES string of the molecule is c1ccc(-c2cccc(-c3nc(-c4cccc5sc6ccccc6c45)nc(-n4c5ccccc5c5cc6ccccc6cc54)n3)c2)cc1. The number of hydrogen-bond acceptors (Lipinski definition) is 4. The van der Waals surface area contributed by atoms with Crippen LogP contribution in [0, 0.1) is 0 Å². The van der Waals surface area contributed by atoms with Crippen LogP contribution in [0.3, 0.4) is 0 Å². The molecular formula is C43H26N4S. The highest BCUT2D eigenvalue weighted by Crippen LogP contribution is 2.40. The average molecular weight is 631 g/mol. The maximum atomic E-state index is 5.31. The van der Waals surface area contributed by atoms with Gasteiger partial charge >= 0.3 is 0 Å². The zero-order valence-corrected chi connectivity index (χ0v) is 26.5. The van der Waals surface area contributed by atoms with Crippen LogP contribution in [0.1, 0.15) is 0 Å². The van der Waals surface area contributed by atoms with Gasteiger partial charge in [-0.3, -0.25) is 4.57 Å². The fourth-order valence-electron chi connectivity index (χ4n) is 7.01. The van der Waals surface area contributed by atoms with Crippen molar-refractivity contribution in [3.8, 4) is 39.9 Å². The molecule has 0 unspecified atom stereocenters. The third-order valence-electron chi connectivity index (χ3n) is 9.23. The summed E-state index contributed by atoms with van der Waals surface area (Å²) in [5.41, 5.74) is 6.33. The summed E-state index contributed by atoms with van der Waals surface area (Å²) in [5.74, 6) is 1.88. The summed E-state index contributed by atoms with van der Waals surface area (Å²) in [4.78, 5) is 15.8. The molecule has 224 valence electrons. The van der Waals surface area contributed by atoms with Gasteiger partial charge in [0.15, 0.2) is 11.6 Å². The molecule has 3 heterocycles. The smallest absolute Gasteiger partial charge is 0.238 e. The molecule has 0 N–H and O–H groups in total. The van der Waals surface area contributed by atoms with E-state index in [-0.39, 0.29) is 0 Å². The van der Waals surface area contributed by atoms with Crippen LogP contribution < -0.4 is 0 Å². The quantitative estimate of drug-likeness (QED) is 0.194. The van der Waals surface area contributed by atoms with E-state index in [0.29, 0.717) is 17.6 Å². The van der Waals surface area contributed by atoms with Gasteiger partial charge in [0.2, 0.25) is 5.95 Å². The first-order valence-electron chi connectivity index (χ1n) is 16.0. The molecule has 5 heteroatoms. The molecule has 3 aromatic heterocycles. The first kappa shape index (κ1) is 27.0. The lowest BCUT2D eigenvalue weighted by Gasteiger charge is -2.12. The second-order valence-electron chi connectivity index (χ2n) is 12.1. The van der Waals surface area contributed by atoms with Crippen LogP contribution in [-0.2, 0) is 0 Å². The van der Waals surface area contributed by atoms with E-state index in [4.69, 9.17) is 15.0 Å². The van der Waals surface area contributed by atoms with E-state index in [1.165, 1.54) is 41.7 Å². The summed E-state index contributed by atoms with van der Waals surface area (Å²) in [6.45, 7) is 0. The van der Waals surface area contributed by atoms with Crippen LogP contribution in [0.25, 0.3) is 92.6 Å². The average Bonchev–Trinajstić information content (AvgIpc) is 3.69. The highest BCUT2D eigenvalue weighted by atomic mass is 32.1. The minimum absolute atomic E-state index is 0.595. The Morgan fingerprint density at radius 1 is 0.417 bits per heavy atom. The molecule has 0 bridgehead atoms. The molecule has 10 aromatic rings. The Labute approximate surface area is 280 Å². The second-order valence-corrected chi connectivity index (χ2v) is 13.2. The van der Waals surface area contributed by atoms with E-state index in [9.17, 15) is 0 Å². The van der Waals surface area contributed by atoms with Crippen molar-refractivity contribution in [3.05, 3.63) is 158 Å². The monoisotopic (exact) mass is 630 g/mol. The molecule has 48 heavy (non-hydrogen) atoms. The number of hydrogen-bond donors (Lipinski definition) is 0. The van der Waals surface area contributed by atoms with Gasteiger partial charge in [-0.05, 0) is 58.3 Å². The Balaban J connectivity index is 1.29. The minimum Gasteiger partial charge on any atom is -0.278 e. The summed E-state index contributed by atoms with van der Waals surface area (Å²) >= 11 is 1.80.